The van der Waals surface area contributed by atoms with Gasteiger partial charge in [0.2, 0.25) is 0 Å². The number of fused-ring (bicyclic) bond motifs is 9. The molecule has 0 N–H and O–H groups in total. The highest BCUT2D eigenvalue weighted by atomic mass is 14.7. The Morgan fingerprint density at radius 3 is 1.53 bits per heavy atom. The third kappa shape index (κ3) is 3.55. The lowest BCUT2D eigenvalue weighted by molar-refractivity contribution is 0.661. The van der Waals surface area contributed by atoms with Crippen LogP contribution in [0.5, 0.6) is 0 Å². The molecule has 0 saturated carbocycles. The van der Waals surface area contributed by atoms with E-state index >= 15 is 0 Å². The highest BCUT2D eigenvalue weighted by Gasteiger charge is 2.38. The van der Waals surface area contributed by atoms with Crippen LogP contribution in [0.15, 0.2) is 146 Å². The first kappa shape index (κ1) is 26.9. The first-order chi connectivity index (χ1) is 24.1. The molecule has 0 spiro atoms. The summed E-state index contributed by atoms with van der Waals surface area (Å²) in [6.07, 6.45) is 0. The monoisotopic (exact) mass is 622 g/mol. The molecule has 2 heteroatoms. The number of aromatic nitrogens is 2. The van der Waals surface area contributed by atoms with E-state index in [9.17, 15) is 0 Å². The molecule has 2 aromatic heterocycles. The molecule has 2 nitrogen and oxygen atoms in total. The summed E-state index contributed by atoms with van der Waals surface area (Å²) in [5.41, 5.74) is 16.6. The van der Waals surface area contributed by atoms with E-state index in [1.54, 1.807) is 0 Å². The molecule has 0 aliphatic heterocycles. The molecule has 0 saturated heterocycles. The van der Waals surface area contributed by atoms with Crippen LogP contribution in [0.25, 0.3) is 99.2 Å². The van der Waals surface area contributed by atoms with Crippen molar-refractivity contribution in [3.63, 3.8) is 0 Å². The van der Waals surface area contributed by atoms with Gasteiger partial charge in [-0.15, -0.1) is 0 Å². The zero-order valence-corrected chi connectivity index (χ0v) is 27.3. The van der Waals surface area contributed by atoms with Crippen molar-refractivity contribution in [3.05, 3.63) is 157 Å². The van der Waals surface area contributed by atoms with E-state index in [0.29, 0.717) is 0 Å². The smallest absolute Gasteiger partial charge is 0.0722 e. The fraction of sp³-hybridized carbons (Fsp3) is 0.0638. The minimum atomic E-state index is -0.141. The van der Waals surface area contributed by atoms with Gasteiger partial charge in [-0.3, -0.25) is 0 Å². The summed E-state index contributed by atoms with van der Waals surface area (Å²) in [4.78, 5) is 10.8. The predicted octanol–water partition coefficient (Wildman–Crippen LogP) is 12.4. The molecule has 2 heterocycles. The van der Waals surface area contributed by atoms with Crippen LogP contribution in [0.4, 0.5) is 0 Å². The van der Waals surface area contributed by atoms with Crippen LogP contribution >= 0.6 is 0 Å². The maximum absolute atomic E-state index is 5.40. The lowest BCUT2D eigenvalue weighted by Gasteiger charge is -2.24. The van der Waals surface area contributed by atoms with Crippen molar-refractivity contribution >= 4 is 43.4 Å². The Balaban J connectivity index is 1.38. The minimum absolute atomic E-state index is 0.141. The molecule has 0 bridgehead atoms. The first-order valence-corrected chi connectivity index (χ1v) is 17.1. The summed E-state index contributed by atoms with van der Waals surface area (Å²) in [5.74, 6) is 0. The van der Waals surface area contributed by atoms with Crippen molar-refractivity contribution in [2.75, 3.05) is 0 Å². The average Bonchev–Trinajstić information content (AvgIpc) is 3.59. The van der Waals surface area contributed by atoms with Crippen molar-refractivity contribution < 1.29 is 0 Å². The van der Waals surface area contributed by atoms with Crippen molar-refractivity contribution in [1.29, 1.82) is 0 Å². The quantitative estimate of drug-likeness (QED) is 0.192. The number of hydrogen-bond donors (Lipinski definition) is 0. The van der Waals surface area contributed by atoms with Crippen LogP contribution in [0, 0.1) is 0 Å². The van der Waals surface area contributed by atoms with Crippen molar-refractivity contribution in [2.45, 2.75) is 19.3 Å². The minimum Gasteiger partial charge on any atom is -0.248 e. The molecule has 2 aliphatic rings. The zero-order chi connectivity index (χ0) is 32.4. The summed E-state index contributed by atoms with van der Waals surface area (Å²) < 4.78 is 0. The first-order valence-electron chi connectivity index (χ1n) is 17.1. The lowest BCUT2D eigenvalue weighted by Crippen LogP contribution is -2.15. The van der Waals surface area contributed by atoms with E-state index in [1.165, 1.54) is 77.2 Å². The van der Waals surface area contributed by atoms with Crippen LogP contribution in [-0.2, 0) is 5.41 Å². The Labute approximate surface area is 284 Å². The normalized spacial score (nSPS) is 13.7. The van der Waals surface area contributed by atoms with Gasteiger partial charge in [-0.1, -0.05) is 123 Å². The summed E-state index contributed by atoms with van der Waals surface area (Å²) in [6, 6.07) is 53.2. The third-order valence-electron chi connectivity index (χ3n) is 11.2. The SMILES string of the molecule is CC1(C)c2ccccc2-c2cc3c(-c4ccc5ccccc5n4)c4c(c(-c5ccc6ccccc6n5)c3cc21)-c1cccc2cccc-4c12. The van der Waals surface area contributed by atoms with Crippen molar-refractivity contribution in [2.24, 2.45) is 0 Å². The van der Waals surface area contributed by atoms with Gasteiger partial charge in [0.1, 0.15) is 0 Å². The van der Waals surface area contributed by atoms with E-state index < -0.39 is 0 Å². The molecule has 0 atom stereocenters. The van der Waals surface area contributed by atoms with E-state index in [4.69, 9.17) is 9.97 Å². The molecular formula is C47H30N2. The summed E-state index contributed by atoms with van der Waals surface area (Å²) in [7, 11) is 0. The fourth-order valence-electron chi connectivity index (χ4n) is 8.92. The Bertz CT molecular complexity index is 2910. The largest absolute Gasteiger partial charge is 0.248 e. The molecule has 228 valence electrons. The lowest BCUT2D eigenvalue weighted by atomic mass is 9.79. The summed E-state index contributed by atoms with van der Waals surface area (Å²) in [5, 5.41) is 7.27. The fourth-order valence-corrected chi connectivity index (χ4v) is 8.92. The number of para-hydroxylation sites is 2. The number of benzene rings is 7. The second-order valence-corrected chi connectivity index (χ2v) is 14.1. The molecular weight excluding hydrogens is 593 g/mol. The van der Waals surface area contributed by atoms with Gasteiger partial charge in [-0.2, -0.15) is 0 Å². The number of nitrogens with zero attached hydrogens (tertiary/aromatic N) is 2. The Morgan fingerprint density at radius 2 is 0.898 bits per heavy atom. The van der Waals surface area contributed by atoms with Gasteiger partial charge < -0.3 is 0 Å². The predicted molar refractivity (Wildman–Crippen MR) is 205 cm³/mol. The van der Waals surface area contributed by atoms with Gasteiger partial charge in [0, 0.05) is 38.4 Å². The number of hydrogen-bond acceptors (Lipinski definition) is 2. The molecule has 49 heavy (non-hydrogen) atoms. The van der Waals surface area contributed by atoms with Crippen molar-refractivity contribution in [1.82, 2.24) is 9.97 Å². The highest BCUT2D eigenvalue weighted by molar-refractivity contribution is 6.27. The van der Waals surface area contributed by atoms with Crippen LogP contribution in [0.1, 0.15) is 25.0 Å². The van der Waals surface area contributed by atoms with E-state index in [1.807, 2.05) is 0 Å². The van der Waals surface area contributed by atoms with Crippen LogP contribution in [0.2, 0.25) is 0 Å². The van der Waals surface area contributed by atoms with Gasteiger partial charge >= 0.3 is 0 Å². The van der Waals surface area contributed by atoms with Crippen molar-refractivity contribution in [3.8, 4) is 55.9 Å². The summed E-state index contributed by atoms with van der Waals surface area (Å²) in [6.45, 7) is 4.74. The highest BCUT2D eigenvalue weighted by Crippen LogP contribution is 2.59. The van der Waals surface area contributed by atoms with Gasteiger partial charge in [0.15, 0.2) is 0 Å². The Kier molecular flexibility index (Phi) is 5.21. The number of pyridine rings is 2. The van der Waals surface area contributed by atoms with Gasteiger partial charge in [-0.25, -0.2) is 9.97 Å². The molecule has 0 fully saturated rings. The molecule has 0 unspecified atom stereocenters. The molecule has 0 radical (unpaired) electrons. The molecule has 7 aromatic carbocycles. The molecule has 11 rings (SSSR count). The Hall–Kier alpha value is -6.12. The van der Waals surface area contributed by atoms with Crippen LogP contribution in [0.3, 0.4) is 0 Å². The van der Waals surface area contributed by atoms with E-state index in [-0.39, 0.29) is 5.41 Å². The van der Waals surface area contributed by atoms with Gasteiger partial charge in [0.05, 0.1) is 22.4 Å². The topological polar surface area (TPSA) is 25.8 Å². The second kappa shape index (κ2) is 9.49. The molecule has 0 amide bonds. The average molecular weight is 623 g/mol. The standard InChI is InChI=1S/C47H30N2/c1-47(2)36-18-6-5-15-30(36)33-25-34-35(26-37(33)47)44(41-24-22-28-12-4-8-20-39(28)49-41)46-32-17-10-14-29-13-9-16-31(42(29)32)45(46)43(34)40-23-21-27-11-3-7-19-38(27)48-40/h3-26H,1-2H3. The number of rotatable bonds is 2. The van der Waals surface area contributed by atoms with E-state index in [0.717, 1.165) is 33.2 Å². The maximum Gasteiger partial charge on any atom is 0.0722 e. The van der Waals surface area contributed by atoms with Crippen LogP contribution in [-0.4, -0.2) is 9.97 Å². The molecule has 9 aromatic rings. The van der Waals surface area contributed by atoms with Gasteiger partial charge in [0.25, 0.3) is 0 Å². The Morgan fingerprint density at radius 1 is 0.388 bits per heavy atom. The van der Waals surface area contributed by atoms with E-state index in [2.05, 4.69) is 159 Å². The van der Waals surface area contributed by atoms with Gasteiger partial charge in [-0.05, 0) is 91.3 Å². The van der Waals surface area contributed by atoms with Crippen LogP contribution < -0.4 is 0 Å². The summed E-state index contributed by atoms with van der Waals surface area (Å²) >= 11 is 0. The maximum atomic E-state index is 5.40. The second-order valence-electron chi connectivity index (χ2n) is 14.1. The third-order valence-corrected chi connectivity index (χ3v) is 11.2. The molecule has 2 aliphatic carbocycles. The zero-order valence-electron chi connectivity index (χ0n) is 27.3.